The summed E-state index contributed by atoms with van der Waals surface area (Å²) in [5.41, 5.74) is 3.20. The van der Waals surface area contributed by atoms with E-state index in [1.165, 1.54) is 19.3 Å². The zero-order chi connectivity index (χ0) is 18.2. The second-order valence-corrected chi connectivity index (χ2v) is 6.90. The zero-order valence-electron chi connectivity index (χ0n) is 15.7. The predicted octanol–water partition coefficient (Wildman–Crippen LogP) is 5.12. The van der Waals surface area contributed by atoms with Crippen LogP contribution >= 0.6 is 0 Å². The van der Waals surface area contributed by atoms with Crippen molar-refractivity contribution in [3.05, 3.63) is 60.2 Å². The SMILES string of the molecule is CCCN(Cc1ccccc1)C(=O)Nc1ccccc1N1CCCCC1. The molecule has 1 N–H and O–H groups in total. The number of hydrogen-bond acceptors (Lipinski definition) is 2. The van der Waals surface area contributed by atoms with Crippen molar-refractivity contribution in [2.75, 3.05) is 29.9 Å². The highest BCUT2D eigenvalue weighted by molar-refractivity contribution is 5.93. The molecule has 0 aliphatic carbocycles. The van der Waals surface area contributed by atoms with E-state index in [0.717, 1.165) is 43.0 Å². The molecule has 0 aromatic heterocycles. The maximum atomic E-state index is 12.9. The number of carbonyl (C=O) groups is 1. The monoisotopic (exact) mass is 351 g/mol. The van der Waals surface area contributed by atoms with Gasteiger partial charge in [-0.2, -0.15) is 0 Å². The summed E-state index contributed by atoms with van der Waals surface area (Å²) in [6.45, 7) is 5.61. The smallest absolute Gasteiger partial charge is 0.322 e. The molecule has 2 aromatic rings. The number of benzene rings is 2. The van der Waals surface area contributed by atoms with Crippen LogP contribution in [0.5, 0.6) is 0 Å². The van der Waals surface area contributed by atoms with Crippen molar-refractivity contribution in [1.82, 2.24) is 4.90 Å². The molecule has 138 valence electrons. The van der Waals surface area contributed by atoms with Crippen LogP contribution in [0.3, 0.4) is 0 Å². The molecule has 3 rings (SSSR count). The molecular formula is C22H29N3O. The summed E-state index contributed by atoms with van der Waals surface area (Å²) in [5.74, 6) is 0. The molecule has 1 saturated heterocycles. The molecule has 1 aliphatic heterocycles. The largest absolute Gasteiger partial charge is 0.370 e. The molecule has 1 fully saturated rings. The minimum Gasteiger partial charge on any atom is -0.370 e. The van der Waals surface area contributed by atoms with Gasteiger partial charge in [0.1, 0.15) is 0 Å². The van der Waals surface area contributed by atoms with Crippen molar-refractivity contribution in [1.29, 1.82) is 0 Å². The van der Waals surface area contributed by atoms with Crippen LogP contribution in [0, 0.1) is 0 Å². The first-order valence-corrected chi connectivity index (χ1v) is 9.71. The van der Waals surface area contributed by atoms with Gasteiger partial charge in [0, 0.05) is 26.2 Å². The van der Waals surface area contributed by atoms with E-state index in [1.807, 2.05) is 41.3 Å². The maximum absolute atomic E-state index is 12.9. The normalized spacial score (nSPS) is 14.1. The molecular weight excluding hydrogens is 322 g/mol. The van der Waals surface area contributed by atoms with Crippen LogP contribution in [0.2, 0.25) is 0 Å². The Morgan fingerprint density at radius 3 is 2.42 bits per heavy atom. The van der Waals surface area contributed by atoms with E-state index in [2.05, 4.69) is 35.3 Å². The highest BCUT2D eigenvalue weighted by atomic mass is 16.2. The number of hydrogen-bond donors (Lipinski definition) is 1. The number of nitrogens with zero attached hydrogens (tertiary/aromatic N) is 2. The Morgan fingerprint density at radius 2 is 1.69 bits per heavy atom. The third kappa shape index (κ3) is 4.78. The first-order valence-electron chi connectivity index (χ1n) is 9.71. The number of carbonyl (C=O) groups excluding carboxylic acids is 1. The van der Waals surface area contributed by atoms with Crippen molar-refractivity contribution in [3.63, 3.8) is 0 Å². The lowest BCUT2D eigenvalue weighted by molar-refractivity contribution is 0.209. The summed E-state index contributed by atoms with van der Waals surface area (Å²) in [6.07, 6.45) is 4.68. The van der Waals surface area contributed by atoms with Gasteiger partial charge in [0.2, 0.25) is 0 Å². The number of amides is 2. The van der Waals surface area contributed by atoms with E-state index in [4.69, 9.17) is 0 Å². The van der Waals surface area contributed by atoms with Crippen molar-refractivity contribution in [2.24, 2.45) is 0 Å². The molecule has 0 unspecified atom stereocenters. The molecule has 2 amide bonds. The first-order chi connectivity index (χ1) is 12.8. The van der Waals surface area contributed by atoms with Gasteiger partial charge in [0.05, 0.1) is 11.4 Å². The van der Waals surface area contributed by atoms with Crippen molar-refractivity contribution in [3.8, 4) is 0 Å². The van der Waals surface area contributed by atoms with E-state index < -0.39 is 0 Å². The topological polar surface area (TPSA) is 35.6 Å². The van der Waals surface area contributed by atoms with E-state index in [-0.39, 0.29) is 6.03 Å². The van der Waals surface area contributed by atoms with E-state index in [1.54, 1.807) is 0 Å². The summed E-state index contributed by atoms with van der Waals surface area (Å²) >= 11 is 0. The minimum atomic E-state index is -0.0276. The Balaban J connectivity index is 1.72. The fraction of sp³-hybridized carbons (Fsp3) is 0.409. The third-order valence-electron chi connectivity index (χ3n) is 4.84. The van der Waals surface area contributed by atoms with Crippen LogP contribution in [0.15, 0.2) is 54.6 Å². The standard InChI is InChI=1S/C22H29N3O/c1-2-15-25(18-19-11-5-3-6-12-19)22(26)23-20-13-7-8-14-21(20)24-16-9-4-10-17-24/h3,5-8,11-14H,2,4,9-10,15-18H2,1H3,(H,23,26). The van der Waals surface area contributed by atoms with Crippen LogP contribution in [0.25, 0.3) is 0 Å². The van der Waals surface area contributed by atoms with Crippen LogP contribution in [0.1, 0.15) is 38.2 Å². The molecule has 2 aromatic carbocycles. The predicted molar refractivity (Wildman–Crippen MR) is 109 cm³/mol. The molecule has 0 radical (unpaired) electrons. The highest BCUT2D eigenvalue weighted by Crippen LogP contribution is 2.28. The van der Waals surface area contributed by atoms with Crippen molar-refractivity contribution >= 4 is 17.4 Å². The second kappa shape index (κ2) is 9.27. The van der Waals surface area contributed by atoms with Gasteiger partial charge in [0.15, 0.2) is 0 Å². The number of nitrogens with one attached hydrogen (secondary N) is 1. The molecule has 1 aliphatic rings. The fourth-order valence-electron chi connectivity index (χ4n) is 3.51. The maximum Gasteiger partial charge on any atom is 0.322 e. The van der Waals surface area contributed by atoms with Crippen LogP contribution in [-0.4, -0.2) is 30.6 Å². The van der Waals surface area contributed by atoms with Gasteiger partial charge < -0.3 is 15.1 Å². The zero-order valence-corrected chi connectivity index (χ0v) is 15.7. The number of anilines is 2. The van der Waals surface area contributed by atoms with Crippen LogP contribution in [-0.2, 0) is 6.54 Å². The molecule has 1 heterocycles. The summed E-state index contributed by atoms with van der Waals surface area (Å²) < 4.78 is 0. The molecule has 4 heteroatoms. The first kappa shape index (κ1) is 18.3. The van der Waals surface area contributed by atoms with E-state index in [9.17, 15) is 4.79 Å². The number of urea groups is 1. The van der Waals surface area contributed by atoms with Gasteiger partial charge in [-0.05, 0) is 43.4 Å². The van der Waals surface area contributed by atoms with Gasteiger partial charge in [-0.3, -0.25) is 0 Å². The van der Waals surface area contributed by atoms with Gasteiger partial charge in [0.25, 0.3) is 0 Å². The average Bonchev–Trinajstić information content (AvgIpc) is 2.69. The molecule has 0 bridgehead atoms. The van der Waals surface area contributed by atoms with Crippen molar-refractivity contribution < 1.29 is 4.79 Å². The van der Waals surface area contributed by atoms with Crippen LogP contribution < -0.4 is 10.2 Å². The Labute approximate surface area is 156 Å². The van der Waals surface area contributed by atoms with Gasteiger partial charge in [-0.15, -0.1) is 0 Å². The summed E-state index contributed by atoms with van der Waals surface area (Å²) in [4.78, 5) is 17.2. The molecule has 0 saturated carbocycles. The second-order valence-electron chi connectivity index (χ2n) is 6.90. The third-order valence-corrected chi connectivity index (χ3v) is 4.84. The molecule has 4 nitrogen and oxygen atoms in total. The lowest BCUT2D eigenvalue weighted by atomic mass is 10.1. The average molecular weight is 351 g/mol. The van der Waals surface area contributed by atoms with Gasteiger partial charge >= 0.3 is 6.03 Å². The molecule has 0 atom stereocenters. The number of para-hydroxylation sites is 2. The minimum absolute atomic E-state index is 0.0276. The Kier molecular flexibility index (Phi) is 6.53. The lowest BCUT2D eigenvalue weighted by Crippen LogP contribution is -2.36. The number of rotatable bonds is 6. The molecule has 26 heavy (non-hydrogen) atoms. The Hall–Kier alpha value is -2.49. The summed E-state index contributed by atoms with van der Waals surface area (Å²) in [5, 5.41) is 3.16. The number of piperidine rings is 1. The van der Waals surface area contributed by atoms with Gasteiger partial charge in [-0.1, -0.05) is 49.4 Å². The Bertz CT molecular complexity index is 696. The van der Waals surface area contributed by atoms with Gasteiger partial charge in [-0.25, -0.2) is 4.79 Å². The highest BCUT2D eigenvalue weighted by Gasteiger charge is 2.18. The quantitative estimate of drug-likeness (QED) is 0.784. The van der Waals surface area contributed by atoms with E-state index in [0.29, 0.717) is 6.54 Å². The van der Waals surface area contributed by atoms with E-state index >= 15 is 0 Å². The Morgan fingerprint density at radius 1 is 1.00 bits per heavy atom. The summed E-state index contributed by atoms with van der Waals surface area (Å²) in [6, 6.07) is 18.3. The van der Waals surface area contributed by atoms with Crippen molar-refractivity contribution in [2.45, 2.75) is 39.2 Å². The fourth-order valence-corrected chi connectivity index (χ4v) is 3.51. The lowest BCUT2D eigenvalue weighted by Gasteiger charge is -2.31. The van der Waals surface area contributed by atoms with Crippen LogP contribution in [0.4, 0.5) is 16.2 Å². The summed E-state index contributed by atoms with van der Waals surface area (Å²) in [7, 11) is 0. The molecule has 0 spiro atoms.